The number of methoxy groups -OCH3 is 6. The zero-order valence-electron chi connectivity index (χ0n) is 48.7. The van der Waals surface area contributed by atoms with E-state index in [1.54, 1.807) is 109 Å². The maximum atomic E-state index is 14.7. The standard InChI is InChI=1S/C70H48N6O14/c1-85-53-27-33(7-21-47(53)71)35-9-23-49(55(29-35)87-3)73-63(77)39-13-17-43-61-44(18-14-40(59(39)61)64(73)78)68(82)75(67(43)81)51-25-11-37(31-57(51)89-5)38-12-26-52(58(32-38)90-6)76-69(83)45-19-15-41-60-42(16-20-46(62(45)60)70(76)84)66(80)74(65(41)79)50-24-10-36(30-56(50)88-4)34-8-22-48(72)54(28-34)86-2/h7-32H,71-72H2,1-6H3. The average Bonchev–Trinajstić information content (AvgIpc) is 0.715. The van der Waals surface area contributed by atoms with Gasteiger partial charge in [-0.1, -0.05) is 36.4 Å². The Bertz CT molecular complexity index is 4550. The summed E-state index contributed by atoms with van der Waals surface area (Å²) in [6, 6.07) is 41.9. The molecule has 0 saturated heterocycles. The monoisotopic (exact) mass is 1200 g/mol. The summed E-state index contributed by atoms with van der Waals surface area (Å²) in [6.07, 6.45) is 0. The Morgan fingerprint density at radius 2 is 0.400 bits per heavy atom. The first-order valence-corrected chi connectivity index (χ1v) is 27.9. The van der Waals surface area contributed by atoms with Gasteiger partial charge in [-0.15, -0.1) is 0 Å². The van der Waals surface area contributed by atoms with E-state index in [4.69, 9.17) is 39.9 Å². The summed E-state index contributed by atoms with van der Waals surface area (Å²) in [6.45, 7) is 0. The molecule has 10 aromatic carbocycles. The maximum absolute atomic E-state index is 14.7. The number of anilines is 6. The summed E-state index contributed by atoms with van der Waals surface area (Å²) < 4.78 is 34.0. The molecule has 4 heterocycles. The lowest BCUT2D eigenvalue weighted by atomic mass is 9.85. The molecule has 0 aliphatic carbocycles. The van der Waals surface area contributed by atoms with Gasteiger partial charge in [0.15, 0.2) is 0 Å². The first kappa shape index (κ1) is 55.5. The number of rotatable bonds is 13. The minimum Gasteiger partial charge on any atom is -0.495 e. The Hall–Kier alpha value is -12.3. The molecule has 442 valence electrons. The molecule has 0 fully saturated rings. The first-order valence-electron chi connectivity index (χ1n) is 27.9. The van der Waals surface area contributed by atoms with E-state index in [0.717, 1.165) is 30.7 Å². The maximum Gasteiger partial charge on any atom is 0.266 e. The van der Waals surface area contributed by atoms with E-state index in [0.29, 0.717) is 45.1 Å². The van der Waals surface area contributed by atoms with Crippen molar-refractivity contribution in [1.29, 1.82) is 0 Å². The summed E-state index contributed by atoms with van der Waals surface area (Å²) in [5, 5.41) is 0.644. The van der Waals surface area contributed by atoms with Crippen molar-refractivity contribution in [3.63, 3.8) is 0 Å². The summed E-state index contributed by atoms with van der Waals surface area (Å²) in [7, 11) is 8.63. The normalized spacial score (nSPS) is 14.1. The van der Waals surface area contributed by atoms with E-state index in [2.05, 4.69) is 0 Å². The third-order valence-electron chi connectivity index (χ3n) is 16.9. The molecule has 0 atom stereocenters. The van der Waals surface area contributed by atoms with Crippen molar-refractivity contribution in [2.45, 2.75) is 0 Å². The molecule has 0 radical (unpaired) electrons. The Morgan fingerprint density at radius 3 is 0.578 bits per heavy atom. The molecule has 20 heteroatoms. The van der Waals surface area contributed by atoms with E-state index in [1.807, 2.05) is 0 Å². The van der Waals surface area contributed by atoms with Crippen LogP contribution in [0.25, 0.3) is 54.9 Å². The minimum absolute atomic E-state index is 0.0710. The summed E-state index contributed by atoms with van der Waals surface area (Å²) in [5.74, 6) is -4.05. The third-order valence-corrected chi connectivity index (χ3v) is 16.9. The van der Waals surface area contributed by atoms with Crippen LogP contribution in [0.2, 0.25) is 0 Å². The van der Waals surface area contributed by atoms with Gasteiger partial charge in [0.25, 0.3) is 47.3 Å². The lowest BCUT2D eigenvalue weighted by Crippen LogP contribution is -2.43. The van der Waals surface area contributed by atoms with E-state index < -0.39 is 47.3 Å². The molecule has 14 rings (SSSR count). The molecule has 4 aliphatic rings. The van der Waals surface area contributed by atoms with Crippen molar-refractivity contribution in [3.05, 3.63) is 202 Å². The topological polar surface area (TPSA) is 257 Å². The van der Waals surface area contributed by atoms with Crippen molar-refractivity contribution in [2.75, 3.05) is 73.7 Å². The summed E-state index contributed by atoms with van der Waals surface area (Å²) >= 11 is 0. The van der Waals surface area contributed by atoms with Gasteiger partial charge in [-0.2, -0.15) is 0 Å². The van der Waals surface area contributed by atoms with Gasteiger partial charge in [0, 0.05) is 66.1 Å². The minimum atomic E-state index is -0.732. The first-order chi connectivity index (χ1) is 43.5. The molecule has 8 amide bonds. The average molecular weight is 1200 g/mol. The fourth-order valence-corrected chi connectivity index (χ4v) is 12.6. The number of carbonyl (C=O) groups is 8. The van der Waals surface area contributed by atoms with Crippen LogP contribution in [0.5, 0.6) is 34.5 Å². The molecule has 0 saturated carbocycles. The van der Waals surface area contributed by atoms with Crippen LogP contribution in [-0.2, 0) is 0 Å². The number of hydrogen-bond donors (Lipinski definition) is 2. The lowest BCUT2D eigenvalue weighted by molar-refractivity contribution is 0.0872. The highest BCUT2D eigenvalue weighted by molar-refractivity contribution is 6.44. The molecule has 4 N–H and O–H groups in total. The van der Waals surface area contributed by atoms with Gasteiger partial charge >= 0.3 is 0 Å². The van der Waals surface area contributed by atoms with Gasteiger partial charge in [0.05, 0.1) is 76.8 Å². The Labute approximate surface area is 511 Å². The molecule has 20 nitrogen and oxygen atoms in total. The molecular formula is C70H48N6O14. The molecule has 10 aromatic rings. The Morgan fingerprint density at radius 1 is 0.233 bits per heavy atom. The predicted molar refractivity (Wildman–Crippen MR) is 336 cm³/mol. The highest BCUT2D eigenvalue weighted by Crippen LogP contribution is 2.48. The summed E-state index contributed by atoms with van der Waals surface area (Å²) in [5.41, 5.74) is 18.1. The number of nitrogens with zero attached hydrogens (tertiary/aromatic N) is 4. The quantitative estimate of drug-likeness (QED) is 0.0803. The molecule has 4 aliphatic heterocycles. The highest BCUT2D eigenvalue weighted by atomic mass is 16.5. The number of nitrogens with two attached hydrogens (primary N) is 2. The van der Waals surface area contributed by atoms with Gasteiger partial charge in [0.2, 0.25) is 0 Å². The third kappa shape index (κ3) is 8.00. The second kappa shape index (κ2) is 20.7. The van der Waals surface area contributed by atoms with Crippen LogP contribution in [0.4, 0.5) is 34.1 Å². The van der Waals surface area contributed by atoms with Gasteiger partial charge < -0.3 is 39.9 Å². The van der Waals surface area contributed by atoms with Crippen molar-refractivity contribution in [3.8, 4) is 67.9 Å². The number of hydrogen-bond acceptors (Lipinski definition) is 16. The zero-order chi connectivity index (χ0) is 62.9. The zero-order valence-corrected chi connectivity index (χ0v) is 48.7. The van der Waals surface area contributed by atoms with Gasteiger partial charge in [-0.25, -0.2) is 19.6 Å². The number of amides is 8. The number of ether oxygens (including phenoxy) is 6. The molecule has 0 aromatic heterocycles. The fraction of sp³-hybridized carbons (Fsp3) is 0.0857. The van der Waals surface area contributed by atoms with Crippen molar-refractivity contribution in [1.82, 2.24) is 0 Å². The highest BCUT2D eigenvalue weighted by Gasteiger charge is 2.44. The lowest BCUT2D eigenvalue weighted by Gasteiger charge is -2.33. The number of benzene rings is 10. The van der Waals surface area contributed by atoms with Crippen molar-refractivity contribution >= 4 is 103 Å². The van der Waals surface area contributed by atoms with E-state index >= 15 is 0 Å². The molecular weight excluding hydrogens is 1150 g/mol. The smallest absolute Gasteiger partial charge is 0.266 e. The summed E-state index contributed by atoms with van der Waals surface area (Å²) in [4.78, 5) is 121. The predicted octanol–water partition coefficient (Wildman–Crippen LogP) is 11.4. The van der Waals surface area contributed by atoms with E-state index in [1.165, 1.54) is 91.2 Å². The van der Waals surface area contributed by atoms with Crippen LogP contribution < -0.4 is 59.5 Å². The Kier molecular flexibility index (Phi) is 12.8. The van der Waals surface area contributed by atoms with Crippen LogP contribution in [0.15, 0.2) is 158 Å². The van der Waals surface area contributed by atoms with E-state index in [-0.39, 0.29) is 112 Å². The van der Waals surface area contributed by atoms with Crippen LogP contribution in [-0.4, -0.2) is 89.9 Å². The Balaban J connectivity index is 0.737. The molecule has 90 heavy (non-hydrogen) atoms. The fourth-order valence-electron chi connectivity index (χ4n) is 12.6. The largest absolute Gasteiger partial charge is 0.495 e. The van der Waals surface area contributed by atoms with Crippen LogP contribution in [0, 0.1) is 0 Å². The number of nitrogen functional groups attached to an aromatic ring is 2. The van der Waals surface area contributed by atoms with Gasteiger partial charge in [-0.05, 0) is 155 Å². The van der Waals surface area contributed by atoms with E-state index in [9.17, 15) is 38.4 Å². The SMILES string of the molecule is COc1cc(-c2ccc(N3C(=O)c4ccc5c6c(ccc(c46)C3=O)C(=O)N(c3ccc(-c4ccc(N6C(=O)c7ccc8c9c(ccc(c79)C6=O)C(=O)N(c6ccc(-c7ccc(N)c(OC)c7)cc6OC)C8=O)c(OC)c4)cc3OC)C5=O)c(OC)c2)ccc1N. The van der Waals surface area contributed by atoms with Crippen LogP contribution in [0.1, 0.15) is 82.9 Å². The molecule has 0 spiro atoms. The van der Waals surface area contributed by atoms with Crippen molar-refractivity contribution in [2.24, 2.45) is 0 Å². The van der Waals surface area contributed by atoms with Gasteiger partial charge in [0.1, 0.15) is 34.5 Å². The van der Waals surface area contributed by atoms with Crippen LogP contribution >= 0.6 is 0 Å². The van der Waals surface area contributed by atoms with Crippen molar-refractivity contribution < 1.29 is 66.8 Å². The number of imide groups is 4. The molecule has 0 unspecified atom stereocenters. The van der Waals surface area contributed by atoms with Gasteiger partial charge in [-0.3, -0.25) is 38.4 Å². The molecule has 0 bridgehead atoms. The second-order valence-corrected chi connectivity index (χ2v) is 21.4. The van der Waals surface area contributed by atoms with Crippen LogP contribution in [0.3, 0.4) is 0 Å². The number of carbonyl (C=O) groups excluding carboxylic acids is 8. The second-order valence-electron chi connectivity index (χ2n) is 21.4.